The summed E-state index contributed by atoms with van der Waals surface area (Å²) in [6.45, 7) is 2.76. The smallest absolute Gasteiger partial charge is 0.123 e. The van der Waals surface area contributed by atoms with Crippen LogP contribution in [0.3, 0.4) is 0 Å². The molecule has 1 heterocycles. The Labute approximate surface area is 113 Å². The highest BCUT2D eigenvalue weighted by Gasteiger charge is 2.07. The lowest BCUT2D eigenvalue weighted by molar-refractivity contribution is 0.575. The van der Waals surface area contributed by atoms with Crippen molar-refractivity contribution in [2.45, 2.75) is 19.5 Å². The Hall–Kier alpha value is -0.710. The molecule has 17 heavy (non-hydrogen) atoms. The van der Waals surface area contributed by atoms with Gasteiger partial charge in [0.2, 0.25) is 0 Å². The fourth-order valence-electron chi connectivity index (χ4n) is 1.58. The van der Waals surface area contributed by atoms with Crippen molar-refractivity contribution in [3.05, 3.63) is 56.4 Å². The summed E-state index contributed by atoms with van der Waals surface area (Å²) in [7, 11) is 0. The van der Waals surface area contributed by atoms with Crippen molar-refractivity contribution in [1.29, 1.82) is 0 Å². The van der Waals surface area contributed by atoms with Gasteiger partial charge in [-0.15, -0.1) is 11.3 Å². The van der Waals surface area contributed by atoms with Crippen LogP contribution in [0.15, 0.2) is 40.2 Å². The van der Waals surface area contributed by atoms with Crippen molar-refractivity contribution in [3.63, 3.8) is 0 Å². The first kappa shape index (κ1) is 12.7. The third kappa shape index (κ3) is 3.37. The highest BCUT2D eigenvalue weighted by Crippen LogP contribution is 2.21. The lowest BCUT2D eigenvalue weighted by atomic mass is 10.2. The van der Waals surface area contributed by atoms with E-state index in [0.29, 0.717) is 6.54 Å². The second kappa shape index (κ2) is 5.76. The standard InChI is InChI=1S/C13H13BrFNS/c1-9(13-3-2-6-17-13)16-8-10-7-11(15)4-5-12(10)14/h2-7,9,16H,8H2,1H3/t9-/m1/s1. The van der Waals surface area contributed by atoms with Crippen molar-refractivity contribution >= 4 is 27.3 Å². The average Bonchev–Trinajstić information content (AvgIpc) is 2.83. The van der Waals surface area contributed by atoms with Gasteiger partial charge in [0.25, 0.3) is 0 Å². The Morgan fingerprint density at radius 2 is 2.24 bits per heavy atom. The van der Waals surface area contributed by atoms with Gasteiger partial charge in [-0.3, -0.25) is 0 Å². The van der Waals surface area contributed by atoms with E-state index < -0.39 is 0 Å². The number of rotatable bonds is 4. The van der Waals surface area contributed by atoms with E-state index in [-0.39, 0.29) is 11.9 Å². The highest BCUT2D eigenvalue weighted by molar-refractivity contribution is 9.10. The van der Waals surface area contributed by atoms with E-state index in [9.17, 15) is 4.39 Å². The SMILES string of the molecule is C[C@@H](NCc1cc(F)ccc1Br)c1cccs1. The minimum Gasteiger partial charge on any atom is -0.305 e. The van der Waals surface area contributed by atoms with Gasteiger partial charge in [0.15, 0.2) is 0 Å². The molecule has 0 bridgehead atoms. The number of hydrogen-bond donors (Lipinski definition) is 1. The van der Waals surface area contributed by atoms with Gasteiger partial charge in [-0.2, -0.15) is 0 Å². The Morgan fingerprint density at radius 1 is 1.41 bits per heavy atom. The van der Waals surface area contributed by atoms with Crippen LogP contribution in [0.2, 0.25) is 0 Å². The minimum atomic E-state index is -0.200. The van der Waals surface area contributed by atoms with E-state index in [1.807, 2.05) is 6.07 Å². The molecule has 0 amide bonds. The number of halogens is 2. The highest BCUT2D eigenvalue weighted by atomic mass is 79.9. The maximum atomic E-state index is 13.1. The molecular formula is C13H13BrFNS. The van der Waals surface area contributed by atoms with Gasteiger partial charge in [0, 0.05) is 21.9 Å². The van der Waals surface area contributed by atoms with Crippen molar-refractivity contribution in [3.8, 4) is 0 Å². The molecule has 0 saturated carbocycles. The van der Waals surface area contributed by atoms with Gasteiger partial charge in [-0.25, -0.2) is 4.39 Å². The van der Waals surface area contributed by atoms with Crippen LogP contribution in [0.5, 0.6) is 0 Å². The first-order valence-corrected chi connectivity index (χ1v) is 7.05. The van der Waals surface area contributed by atoms with Crippen LogP contribution in [0.25, 0.3) is 0 Å². The normalized spacial score (nSPS) is 12.6. The minimum absolute atomic E-state index is 0.200. The number of benzene rings is 1. The molecule has 90 valence electrons. The Morgan fingerprint density at radius 3 is 2.94 bits per heavy atom. The van der Waals surface area contributed by atoms with Gasteiger partial charge in [0.1, 0.15) is 5.82 Å². The first-order valence-electron chi connectivity index (χ1n) is 5.37. The summed E-state index contributed by atoms with van der Waals surface area (Å²) in [4.78, 5) is 1.29. The quantitative estimate of drug-likeness (QED) is 0.876. The molecule has 2 aromatic rings. The lowest BCUT2D eigenvalue weighted by Crippen LogP contribution is -2.17. The summed E-state index contributed by atoms with van der Waals surface area (Å²) in [5.74, 6) is -0.200. The van der Waals surface area contributed by atoms with Crippen LogP contribution in [0, 0.1) is 5.82 Å². The summed E-state index contributed by atoms with van der Waals surface area (Å²) in [5, 5.41) is 5.44. The van der Waals surface area contributed by atoms with Gasteiger partial charge in [0.05, 0.1) is 0 Å². The van der Waals surface area contributed by atoms with E-state index in [1.165, 1.54) is 10.9 Å². The third-order valence-electron chi connectivity index (χ3n) is 2.58. The van der Waals surface area contributed by atoms with Crippen molar-refractivity contribution in [1.82, 2.24) is 5.32 Å². The van der Waals surface area contributed by atoms with Crippen LogP contribution >= 0.6 is 27.3 Å². The van der Waals surface area contributed by atoms with Gasteiger partial charge in [-0.05, 0) is 42.1 Å². The molecule has 4 heteroatoms. The van der Waals surface area contributed by atoms with Crippen LogP contribution in [0.4, 0.5) is 4.39 Å². The van der Waals surface area contributed by atoms with E-state index in [0.717, 1.165) is 10.0 Å². The van der Waals surface area contributed by atoms with Crippen LogP contribution in [-0.4, -0.2) is 0 Å². The van der Waals surface area contributed by atoms with E-state index in [4.69, 9.17) is 0 Å². The second-order valence-corrected chi connectivity index (χ2v) is 5.69. The van der Waals surface area contributed by atoms with Crippen LogP contribution in [0.1, 0.15) is 23.4 Å². The monoisotopic (exact) mass is 313 g/mol. The predicted octanol–water partition coefficient (Wildman–Crippen LogP) is 4.50. The molecule has 0 aliphatic rings. The molecule has 1 aromatic heterocycles. The summed E-state index contributed by atoms with van der Waals surface area (Å²) >= 11 is 5.15. The first-order chi connectivity index (χ1) is 8.16. The Kier molecular flexibility index (Phi) is 4.31. The van der Waals surface area contributed by atoms with E-state index in [1.54, 1.807) is 23.5 Å². The molecule has 0 aliphatic heterocycles. The molecule has 0 aliphatic carbocycles. The second-order valence-electron chi connectivity index (χ2n) is 3.85. The largest absolute Gasteiger partial charge is 0.305 e. The fraction of sp³-hybridized carbons (Fsp3) is 0.231. The molecule has 1 N–H and O–H groups in total. The molecule has 1 atom stereocenters. The molecule has 1 aromatic carbocycles. The van der Waals surface area contributed by atoms with E-state index in [2.05, 4.69) is 39.6 Å². The number of thiophene rings is 1. The lowest BCUT2D eigenvalue weighted by Gasteiger charge is -2.13. The summed E-state index contributed by atoms with van der Waals surface area (Å²) < 4.78 is 14.0. The summed E-state index contributed by atoms with van der Waals surface area (Å²) in [5.41, 5.74) is 0.938. The zero-order chi connectivity index (χ0) is 12.3. The van der Waals surface area contributed by atoms with Crippen molar-refractivity contribution < 1.29 is 4.39 Å². The van der Waals surface area contributed by atoms with Crippen LogP contribution in [-0.2, 0) is 6.54 Å². The molecular weight excluding hydrogens is 301 g/mol. The van der Waals surface area contributed by atoms with Gasteiger partial charge >= 0.3 is 0 Å². The maximum absolute atomic E-state index is 13.1. The predicted molar refractivity (Wildman–Crippen MR) is 73.7 cm³/mol. The van der Waals surface area contributed by atoms with E-state index >= 15 is 0 Å². The molecule has 0 radical (unpaired) electrons. The zero-order valence-electron chi connectivity index (χ0n) is 9.41. The molecule has 0 fully saturated rings. The molecule has 0 unspecified atom stereocenters. The van der Waals surface area contributed by atoms with Gasteiger partial charge in [-0.1, -0.05) is 22.0 Å². The third-order valence-corrected chi connectivity index (χ3v) is 4.41. The molecule has 1 nitrogen and oxygen atoms in total. The Bertz CT molecular complexity index is 484. The van der Waals surface area contributed by atoms with Gasteiger partial charge < -0.3 is 5.32 Å². The summed E-state index contributed by atoms with van der Waals surface area (Å²) in [6, 6.07) is 9.17. The molecule has 0 spiro atoms. The van der Waals surface area contributed by atoms with Crippen molar-refractivity contribution in [2.24, 2.45) is 0 Å². The van der Waals surface area contributed by atoms with Crippen LogP contribution < -0.4 is 5.32 Å². The number of hydrogen-bond acceptors (Lipinski definition) is 2. The average molecular weight is 314 g/mol. The summed E-state index contributed by atoms with van der Waals surface area (Å²) in [6.07, 6.45) is 0. The Balaban J connectivity index is 2.00. The zero-order valence-corrected chi connectivity index (χ0v) is 11.8. The maximum Gasteiger partial charge on any atom is 0.123 e. The molecule has 0 saturated heterocycles. The number of nitrogens with one attached hydrogen (secondary N) is 1. The van der Waals surface area contributed by atoms with Crippen molar-refractivity contribution in [2.75, 3.05) is 0 Å². The molecule has 2 rings (SSSR count). The topological polar surface area (TPSA) is 12.0 Å². The fourth-order valence-corrected chi connectivity index (χ4v) is 2.73.